The molecule has 0 atom stereocenters. The summed E-state index contributed by atoms with van der Waals surface area (Å²) < 4.78 is 0. The Morgan fingerprint density at radius 1 is 0.692 bits per heavy atom. The standard InChI is InChI=1S/C9H27NSi3/c1-11(2,3)9(12(4,5)6)13(7,8)10/h9H,10H2,1-8H3. The monoisotopic (exact) mass is 233 g/mol. The maximum absolute atomic E-state index is 6.46. The van der Waals surface area contributed by atoms with Gasteiger partial charge in [0.25, 0.3) is 0 Å². The molecule has 0 amide bonds. The first kappa shape index (κ1) is 13.6. The van der Waals surface area contributed by atoms with E-state index in [4.69, 9.17) is 5.40 Å². The van der Waals surface area contributed by atoms with Gasteiger partial charge in [-0.1, -0.05) is 52.4 Å². The van der Waals surface area contributed by atoms with Crippen LogP contribution in [0.5, 0.6) is 0 Å². The van der Waals surface area contributed by atoms with E-state index in [0.29, 0.717) is 0 Å². The molecule has 0 rings (SSSR count). The van der Waals surface area contributed by atoms with Gasteiger partial charge in [0.1, 0.15) is 8.24 Å². The molecule has 0 saturated heterocycles. The van der Waals surface area contributed by atoms with Gasteiger partial charge in [0.2, 0.25) is 0 Å². The van der Waals surface area contributed by atoms with E-state index in [0.717, 1.165) is 4.79 Å². The van der Waals surface area contributed by atoms with Crippen LogP contribution in [0.2, 0.25) is 57.2 Å². The quantitative estimate of drug-likeness (QED) is 0.744. The van der Waals surface area contributed by atoms with Crippen molar-refractivity contribution in [1.82, 2.24) is 0 Å². The third kappa shape index (κ3) is 4.10. The molecule has 0 unspecified atom stereocenters. The average Bonchev–Trinajstić information content (AvgIpc) is 1.44. The van der Waals surface area contributed by atoms with E-state index >= 15 is 0 Å². The summed E-state index contributed by atoms with van der Waals surface area (Å²) in [4.78, 5) is 0.924. The van der Waals surface area contributed by atoms with E-state index < -0.39 is 24.4 Å². The Hall–Kier alpha value is 0.611. The van der Waals surface area contributed by atoms with E-state index in [1.54, 1.807) is 0 Å². The van der Waals surface area contributed by atoms with Gasteiger partial charge in [-0.3, -0.25) is 0 Å². The fraction of sp³-hybridized carbons (Fsp3) is 1.00. The smallest absolute Gasteiger partial charge is 0.114 e. The Morgan fingerprint density at radius 2 is 0.923 bits per heavy atom. The predicted octanol–water partition coefficient (Wildman–Crippen LogP) is 3.28. The summed E-state index contributed by atoms with van der Waals surface area (Å²) in [5, 5.41) is 6.46. The lowest BCUT2D eigenvalue weighted by Crippen LogP contribution is -2.61. The zero-order chi connectivity index (χ0) is 11.1. The first-order valence-corrected chi connectivity index (χ1v) is 15.5. The van der Waals surface area contributed by atoms with Crippen LogP contribution in [0.25, 0.3) is 0 Å². The largest absolute Gasteiger partial charge is 0.351 e. The number of hydrogen-bond donors (Lipinski definition) is 1. The molecule has 0 bridgehead atoms. The third-order valence-electron chi connectivity index (χ3n) is 2.48. The lowest BCUT2D eigenvalue weighted by Gasteiger charge is -2.45. The molecule has 13 heavy (non-hydrogen) atoms. The minimum absolute atomic E-state index is 0.924. The van der Waals surface area contributed by atoms with Crippen LogP contribution < -0.4 is 5.40 Å². The molecular formula is C9H27NSi3. The van der Waals surface area contributed by atoms with E-state index in [2.05, 4.69) is 52.4 Å². The summed E-state index contributed by atoms with van der Waals surface area (Å²) >= 11 is 0. The Morgan fingerprint density at radius 3 is 0.923 bits per heavy atom. The molecule has 0 saturated carbocycles. The van der Waals surface area contributed by atoms with E-state index in [1.807, 2.05) is 0 Å². The highest BCUT2D eigenvalue weighted by atomic mass is 28.5. The van der Waals surface area contributed by atoms with Gasteiger partial charge in [-0.15, -0.1) is 0 Å². The van der Waals surface area contributed by atoms with Gasteiger partial charge in [-0.25, -0.2) is 0 Å². The lowest BCUT2D eigenvalue weighted by molar-refractivity contribution is 1.31. The van der Waals surface area contributed by atoms with Gasteiger partial charge in [0, 0.05) is 16.1 Å². The van der Waals surface area contributed by atoms with Crippen molar-refractivity contribution >= 4 is 24.4 Å². The zero-order valence-electron chi connectivity index (χ0n) is 10.7. The van der Waals surface area contributed by atoms with Gasteiger partial charge in [0.15, 0.2) is 0 Å². The van der Waals surface area contributed by atoms with Crippen LogP contribution >= 0.6 is 0 Å². The van der Waals surface area contributed by atoms with Crippen LogP contribution in [-0.4, -0.2) is 24.4 Å². The molecule has 0 spiro atoms. The topological polar surface area (TPSA) is 26.0 Å². The maximum Gasteiger partial charge on any atom is 0.114 e. The van der Waals surface area contributed by atoms with Crippen molar-refractivity contribution in [3.8, 4) is 0 Å². The SMILES string of the molecule is C[Si](C)(C)C([Si](C)(C)C)[Si](C)(C)N. The lowest BCUT2D eigenvalue weighted by atomic mass is 11.7. The van der Waals surface area contributed by atoms with E-state index in [-0.39, 0.29) is 0 Å². The minimum Gasteiger partial charge on any atom is -0.351 e. The normalized spacial score (nSPS) is 15.2. The Balaban J connectivity index is 5.02. The minimum atomic E-state index is -1.43. The van der Waals surface area contributed by atoms with Crippen LogP contribution in [0.15, 0.2) is 0 Å². The highest BCUT2D eigenvalue weighted by molar-refractivity contribution is 7.11. The number of rotatable bonds is 3. The van der Waals surface area contributed by atoms with E-state index in [1.165, 1.54) is 0 Å². The first-order valence-electron chi connectivity index (χ1n) is 5.15. The molecule has 0 aliphatic carbocycles. The van der Waals surface area contributed by atoms with Gasteiger partial charge in [-0.2, -0.15) is 0 Å². The van der Waals surface area contributed by atoms with Gasteiger partial charge < -0.3 is 5.40 Å². The van der Waals surface area contributed by atoms with Crippen molar-refractivity contribution in [2.24, 2.45) is 5.40 Å². The molecule has 80 valence electrons. The van der Waals surface area contributed by atoms with Crippen molar-refractivity contribution in [2.45, 2.75) is 57.2 Å². The summed E-state index contributed by atoms with van der Waals surface area (Å²) in [6, 6.07) is 0. The molecule has 4 heteroatoms. The molecule has 0 aromatic carbocycles. The average molecular weight is 234 g/mol. The molecule has 0 radical (unpaired) electrons. The summed E-state index contributed by atoms with van der Waals surface area (Å²) in [6.07, 6.45) is 0. The van der Waals surface area contributed by atoms with Crippen molar-refractivity contribution in [1.29, 1.82) is 0 Å². The summed E-state index contributed by atoms with van der Waals surface area (Å²) in [7, 11) is -3.55. The Bertz CT molecular complexity index is 137. The van der Waals surface area contributed by atoms with Crippen molar-refractivity contribution in [2.75, 3.05) is 0 Å². The molecule has 0 aliphatic rings. The van der Waals surface area contributed by atoms with Crippen LogP contribution in [0, 0.1) is 0 Å². The number of nitrogens with two attached hydrogens (primary N) is 1. The summed E-state index contributed by atoms with van der Waals surface area (Å²) in [5.74, 6) is 0. The van der Waals surface area contributed by atoms with Gasteiger partial charge >= 0.3 is 0 Å². The van der Waals surface area contributed by atoms with Gasteiger partial charge in [0.05, 0.1) is 0 Å². The summed E-state index contributed by atoms with van der Waals surface area (Å²) in [6.45, 7) is 19.6. The second-order valence-electron chi connectivity index (χ2n) is 6.99. The third-order valence-corrected chi connectivity index (χ3v) is 22.3. The fourth-order valence-electron chi connectivity index (χ4n) is 3.53. The predicted molar refractivity (Wildman–Crippen MR) is 72.1 cm³/mol. The second kappa shape index (κ2) is 3.64. The van der Waals surface area contributed by atoms with Crippen LogP contribution in [-0.2, 0) is 0 Å². The fourth-order valence-corrected chi connectivity index (χ4v) is 31.8. The van der Waals surface area contributed by atoms with Crippen LogP contribution in [0.1, 0.15) is 0 Å². The Labute approximate surface area is 87.2 Å². The molecule has 0 aliphatic heterocycles. The van der Waals surface area contributed by atoms with Crippen molar-refractivity contribution in [3.05, 3.63) is 0 Å². The number of hydrogen-bond acceptors (Lipinski definition) is 1. The second-order valence-corrected chi connectivity index (χ2v) is 23.6. The molecule has 0 heterocycles. The van der Waals surface area contributed by atoms with Gasteiger partial charge in [-0.05, 0) is 4.79 Å². The maximum atomic E-state index is 6.46. The highest BCUT2D eigenvalue weighted by Crippen LogP contribution is 2.37. The Kier molecular flexibility index (Phi) is 3.81. The molecule has 0 aromatic heterocycles. The zero-order valence-corrected chi connectivity index (χ0v) is 13.7. The first-order chi connectivity index (χ1) is 5.37. The highest BCUT2D eigenvalue weighted by Gasteiger charge is 2.46. The molecule has 0 fully saturated rings. The summed E-state index contributed by atoms with van der Waals surface area (Å²) in [5.41, 5.74) is 0. The van der Waals surface area contributed by atoms with Crippen molar-refractivity contribution < 1.29 is 0 Å². The molecule has 0 aromatic rings. The molecule has 2 N–H and O–H groups in total. The van der Waals surface area contributed by atoms with E-state index in [9.17, 15) is 0 Å². The van der Waals surface area contributed by atoms with Crippen molar-refractivity contribution in [3.63, 3.8) is 0 Å². The van der Waals surface area contributed by atoms with Crippen LogP contribution in [0.4, 0.5) is 0 Å². The molecule has 1 nitrogen and oxygen atoms in total. The van der Waals surface area contributed by atoms with Crippen LogP contribution in [0.3, 0.4) is 0 Å². The molecular weight excluding hydrogens is 206 g/mol.